The van der Waals surface area contributed by atoms with Gasteiger partial charge in [0.15, 0.2) is 0 Å². The molecule has 3 nitrogen and oxygen atoms in total. The Hall–Kier alpha value is -1.09. The topological polar surface area (TPSA) is 30.7 Å². The van der Waals surface area contributed by atoms with E-state index < -0.39 is 0 Å². The Balaban J connectivity index is 2.76. The molecule has 0 aromatic carbocycles. The number of rotatable bonds is 0. The van der Waals surface area contributed by atoms with E-state index >= 15 is 0 Å². The number of hydrogen-bond donors (Lipinski definition) is 0. The first kappa shape index (κ1) is 10.4. The molecule has 2 rings (SSSR count). The molecule has 0 atom stereocenters. The van der Waals surface area contributed by atoms with Gasteiger partial charge in [0.1, 0.15) is 5.65 Å². The summed E-state index contributed by atoms with van der Waals surface area (Å²) in [6.45, 7) is 6.53. The van der Waals surface area contributed by atoms with Gasteiger partial charge in [0.25, 0.3) is 0 Å². The first-order valence-electron chi connectivity index (χ1n) is 4.88. The second-order valence-electron chi connectivity index (χ2n) is 4.76. The van der Waals surface area contributed by atoms with Crippen molar-refractivity contribution in [2.24, 2.45) is 7.05 Å². The first-order valence-corrected chi connectivity index (χ1v) is 5.26. The molecule has 0 N–H and O–H groups in total. The Morgan fingerprint density at radius 2 is 2.00 bits per heavy atom. The van der Waals surface area contributed by atoms with E-state index in [1.807, 2.05) is 7.05 Å². The minimum Gasteiger partial charge on any atom is -0.332 e. The number of fused-ring (bicyclic) bond motifs is 1. The molecule has 2 heterocycles. The quantitative estimate of drug-likeness (QED) is 0.643. The Kier molecular flexibility index (Phi) is 2.23. The summed E-state index contributed by atoms with van der Waals surface area (Å²) in [6, 6.07) is 2.12. The summed E-state index contributed by atoms with van der Waals surface area (Å²) >= 11 is 5.78. The van der Waals surface area contributed by atoms with E-state index in [1.54, 1.807) is 6.20 Å². The largest absolute Gasteiger partial charge is 0.332 e. The highest BCUT2D eigenvalue weighted by Crippen LogP contribution is 2.27. The summed E-state index contributed by atoms with van der Waals surface area (Å²) in [4.78, 5) is 8.21. The lowest BCUT2D eigenvalue weighted by Gasteiger charge is -2.19. The standard InChI is InChI=1S/C11H14ClN3/c1-11(2,3)8-5-7-6-13-10(12)14-9(7)15(8)4/h5-6H,1-4H3. The molecule has 80 valence electrons. The number of aryl methyl sites for hydroxylation is 1. The van der Waals surface area contributed by atoms with Crippen LogP contribution in [-0.2, 0) is 12.5 Å². The van der Waals surface area contributed by atoms with Crippen molar-refractivity contribution in [1.29, 1.82) is 0 Å². The summed E-state index contributed by atoms with van der Waals surface area (Å²) < 4.78 is 2.07. The first-order chi connectivity index (χ1) is 6.89. The van der Waals surface area contributed by atoms with Crippen LogP contribution >= 0.6 is 11.6 Å². The summed E-state index contributed by atoms with van der Waals surface area (Å²) in [7, 11) is 2.01. The number of aromatic nitrogens is 3. The monoisotopic (exact) mass is 223 g/mol. The van der Waals surface area contributed by atoms with Crippen molar-refractivity contribution in [1.82, 2.24) is 14.5 Å². The predicted octanol–water partition coefficient (Wildman–Crippen LogP) is 2.92. The number of hydrogen-bond acceptors (Lipinski definition) is 2. The number of halogens is 1. The van der Waals surface area contributed by atoms with Crippen LogP contribution in [0.2, 0.25) is 5.28 Å². The predicted molar refractivity (Wildman–Crippen MR) is 62.2 cm³/mol. The Bertz CT molecular complexity index is 508. The maximum Gasteiger partial charge on any atom is 0.224 e. The number of nitrogens with zero attached hydrogens (tertiary/aromatic N) is 3. The highest BCUT2D eigenvalue weighted by atomic mass is 35.5. The van der Waals surface area contributed by atoms with Crippen LogP contribution in [0.5, 0.6) is 0 Å². The summed E-state index contributed by atoms with van der Waals surface area (Å²) in [5, 5.41) is 1.33. The molecular weight excluding hydrogens is 210 g/mol. The van der Waals surface area contributed by atoms with Gasteiger partial charge in [-0.3, -0.25) is 0 Å². The third-order valence-corrected chi connectivity index (χ3v) is 2.69. The molecule has 0 unspecified atom stereocenters. The van der Waals surface area contributed by atoms with Gasteiger partial charge in [-0.05, 0) is 17.7 Å². The fraction of sp³-hybridized carbons (Fsp3) is 0.455. The highest BCUT2D eigenvalue weighted by molar-refractivity contribution is 6.28. The van der Waals surface area contributed by atoms with E-state index in [-0.39, 0.29) is 5.41 Å². The molecule has 0 aliphatic heterocycles. The van der Waals surface area contributed by atoms with E-state index in [0.717, 1.165) is 11.0 Å². The van der Waals surface area contributed by atoms with Crippen LogP contribution in [0.4, 0.5) is 0 Å². The van der Waals surface area contributed by atoms with Crippen molar-refractivity contribution in [3.05, 3.63) is 23.2 Å². The molecule has 0 fully saturated rings. The average Bonchev–Trinajstić information content (AvgIpc) is 2.43. The van der Waals surface area contributed by atoms with Gasteiger partial charge >= 0.3 is 0 Å². The van der Waals surface area contributed by atoms with Crippen LogP contribution in [0.15, 0.2) is 12.3 Å². The summed E-state index contributed by atoms with van der Waals surface area (Å²) in [5.41, 5.74) is 2.22. The Morgan fingerprint density at radius 1 is 1.33 bits per heavy atom. The normalized spacial score (nSPS) is 12.3. The molecule has 0 aliphatic rings. The second kappa shape index (κ2) is 3.20. The van der Waals surface area contributed by atoms with Crippen molar-refractivity contribution in [2.45, 2.75) is 26.2 Å². The molecule has 0 saturated heterocycles. The van der Waals surface area contributed by atoms with Gasteiger partial charge in [-0.25, -0.2) is 4.98 Å². The summed E-state index contributed by atoms with van der Waals surface area (Å²) in [5.74, 6) is 0. The molecule has 0 spiro atoms. The van der Waals surface area contributed by atoms with Crippen LogP contribution in [0, 0.1) is 0 Å². The zero-order valence-corrected chi connectivity index (χ0v) is 10.1. The van der Waals surface area contributed by atoms with Crippen molar-refractivity contribution in [3.63, 3.8) is 0 Å². The lowest BCUT2D eigenvalue weighted by Crippen LogP contribution is -2.15. The van der Waals surface area contributed by atoms with Crippen molar-refractivity contribution >= 4 is 22.6 Å². The average molecular weight is 224 g/mol. The van der Waals surface area contributed by atoms with Crippen LogP contribution < -0.4 is 0 Å². The Labute approximate surface area is 94.1 Å². The maximum absolute atomic E-state index is 5.78. The van der Waals surface area contributed by atoms with Gasteiger partial charge in [0, 0.05) is 29.7 Å². The van der Waals surface area contributed by atoms with Crippen molar-refractivity contribution in [2.75, 3.05) is 0 Å². The van der Waals surface area contributed by atoms with Crippen LogP contribution in [0.3, 0.4) is 0 Å². The fourth-order valence-corrected chi connectivity index (χ4v) is 1.94. The lowest BCUT2D eigenvalue weighted by atomic mass is 9.92. The third-order valence-electron chi connectivity index (χ3n) is 2.51. The molecule has 0 bridgehead atoms. The molecule has 15 heavy (non-hydrogen) atoms. The minimum atomic E-state index is 0.0991. The van der Waals surface area contributed by atoms with Crippen LogP contribution in [-0.4, -0.2) is 14.5 Å². The van der Waals surface area contributed by atoms with Gasteiger partial charge < -0.3 is 4.57 Å². The van der Waals surface area contributed by atoms with E-state index in [2.05, 4.69) is 41.4 Å². The second-order valence-corrected chi connectivity index (χ2v) is 5.09. The van der Waals surface area contributed by atoms with Gasteiger partial charge in [0.05, 0.1) is 0 Å². The molecule has 0 amide bonds. The molecule has 0 saturated carbocycles. The lowest BCUT2D eigenvalue weighted by molar-refractivity contribution is 0.546. The van der Waals surface area contributed by atoms with Crippen LogP contribution in [0.25, 0.3) is 11.0 Å². The highest BCUT2D eigenvalue weighted by Gasteiger charge is 2.19. The zero-order valence-electron chi connectivity index (χ0n) is 9.37. The third kappa shape index (κ3) is 1.72. The van der Waals surface area contributed by atoms with Gasteiger partial charge in [-0.2, -0.15) is 4.98 Å². The van der Waals surface area contributed by atoms with Crippen molar-refractivity contribution < 1.29 is 0 Å². The molecule has 2 aromatic rings. The molecule has 2 aromatic heterocycles. The van der Waals surface area contributed by atoms with E-state index in [1.165, 1.54) is 5.69 Å². The van der Waals surface area contributed by atoms with E-state index in [4.69, 9.17) is 11.6 Å². The minimum absolute atomic E-state index is 0.0991. The Morgan fingerprint density at radius 3 is 2.60 bits per heavy atom. The van der Waals surface area contributed by atoms with Gasteiger partial charge in [-0.15, -0.1) is 0 Å². The SMILES string of the molecule is Cn1c(C(C)(C)C)cc2cnc(Cl)nc21. The summed E-state index contributed by atoms with van der Waals surface area (Å²) in [6.07, 6.45) is 1.76. The van der Waals surface area contributed by atoms with E-state index in [0.29, 0.717) is 5.28 Å². The molecule has 4 heteroatoms. The van der Waals surface area contributed by atoms with Gasteiger partial charge in [-0.1, -0.05) is 20.8 Å². The zero-order chi connectivity index (χ0) is 11.2. The molecular formula is C11H14ClN3. The fourth-order valence-electron chi connectivity index (χ4n) is 1.81. The van der Waals surface area contributed by atoms with Crippen LogP contribution in [0.1, 0.15) is 26.5 Å². The molecule has 0 radical (unpaired) electrons. The molecule has 0 aliphatic carbocycles. The van der Waals surface area contributed by atoms with Crippen molar-refractivity contribution in [3.8, 4) is 0 Å². The van der Waals surface area contributed by atoms with E-state index in [9.17, 15) is 0 Å². The smallest absolute Gasteiger partial charge is 0.224 e. The van der Waals surface area contributed by atoms with Gasteiger partial charge in [0.2, 0.25) is 5.28 Å². The maximum atomic E-state index is 5.78.